The van der Waals surface area contributed by atoms with Crippen LogP contribution in [-0.2, 0) is 25.2 Å². The van der Waals surface area contributed by atoms with Crippen molar-refractivity contribution in [1.29, 1.82) is 0 Å². The first-order chi connectivity index (χ1) is 6.74. The third-order valence-corrected chi connectivity index (χ3v) is 3.56. The van der Waals surface area contributed by atoms with Crippen molar-refractivity contribution in [2.24, 2.45) is 7.05 Å². The molecule has 0 bridgehead atoms. The Morgan fingerprint density at radius 3 is 2.86 bits per heavy atom. The maximum atomic E-state index is 11.8. The minimum Gasteiger partial charge on any atom is -0.315 e. The Morgan fingerprint density at radius 1 is 1.43 bits per heavy atom. The molecule has 0 N–H and O–H groups in total. The minimum absolute atomic E-state index is 0.155. The third kappa shape index (κ3) is 1.54. The Morgan fingerprint density at radius 2 is 2.14 bits per heavy atom. The van der Waals surface area contributed by atoms with Crippen LogP contribution in [-0.4, -0.2) is 4.57 Å². The molecule has 0 amide bonds. The van der Waals surface area contributed by atoms with Gasteiger partial charge in [0, 0.05) is 23.6 Å². The summed E-state index contributed by atoms with van der Waals surface area (Å²) in [6.45, 7) is 0. The highest BCUT2D eigenvalue weighted by Gasteiger charge is 2.14. The average Bonchev–Trinajstić information content (AvgIpc) is 2.23. The topological polar surface area (TPSA) is 22.0 Å². The van der Waals surface area contributed by atoms with Crippen LogP contribution >= 0.6 is 15.9 Å². The molecule has 1 aliphatic rings. The summed E-state index contributed by atoms with van der Waals surface area (Å²) in [6.07, 6.45) is 4.66. The number of hydrogen-bond acceptors (Lipinski definition) is 1. The summed E-state index contributed by atoms with van der Waals surface area (Å²) in [6, 6.07) is 2.07. The summed E-state index contributed by atoms with van der Waals surface area (Å²) >= 11 is 3.36. The SMILES string of the molecule is Cn1c2c(cc(CBr)c1=O)CCCC2. The monoisotopic (exact) mass is 255 g/mol. The fourth-order valence-electron chi connectivity index (χ4n) is 2.16. The predicted molar refractivity (Wildman–Crippen MR) is 61.0 cm³/mol. The molecular formula is C11H14BrNO. The van der Waals surface area contributed by atoms with E-state index in [9.17, 15) is 4.79 Å². The minimum atomic E-state index is 0.155. The van der Waals surface area contributed by atoms with Gasteiger partial charge in [0.15, 0.2) is 0 Å². The lowest BCUT2D eigenvalue weighted by atomic mass is 9.95. The Balaban J connectivity index is 2.63. The highest BCUT2D eigenvalue weighted by Crippen LogP contribution is 2.20. The van der Waals surface area contributed by atoms with Crippen LogP contribution in [0.1, 0.15) is 29.7 Å². The van der Waals surface area contributed by atoms with Crippen LogP contribution < -0.4 is 5.56 Å². The molecule has 0 aliphatic heterocycles. The summed E-state index contributed by atoms with van der Waals surface area (Å²) in [5.41, 5.74) is 3.65. The molecule has 76 valence electrons. The lowest BCUT2D eigenvalue weighted by molar-refractivity contribution is 0.620. The van der Waals surface area contributed by atoms with E-state index < -0.39 is 0 Å². The summed E-state index contributed by atoms with van der Waals surface area (Å²) in [4.78, 5) is 11.8. The van der Waals surface area contributed by atoms with Crippen molar-refractivity contribution in [2.45, 2.75) is 31.0 Å². The smallest absolute Gasteiger partial charge is 0.254 e. The zero-order valence-corrected chi connectivity index (χ0v) is 9.93. The molecule has 0 unspecified atom stereocenters. The van der Waals surface area contributed by atoms with Crippen LogP contribution in [0.2, 0.25) is 0 Å². The molecule has 0 atom stereocenters. The molecule has 0 aromatic carbocycles. The zero-order chi connectivity index (χ0) is 10.1. The van der Waals surface area contributed by atoms with Gasteiger partial charge >= 0.3 is 0 Å². The highest BCUT2D eigenvalue weighted by atomic mass is 79.9. The molecule has 0 fully saturated rings. The molecule has 0 radical (unpaired) electrons. The van der Waals surface area contributed by atoms with Crippen molar-refractivity contribution in [3.63, 3.8) is 0 Å². The predicted octanol–water partition coefficient (Wildman–Crippen LogP) is 2.16. The maximum absolute atomic E-state index is 11.8. The van der Waals surface area contributed by atoms with Gasteiger partial charge in [-0.2, -0.15) is 0 Å². The Hall–Kier alpha value is -0.570. The van der Waals surface area contributed by atoms with Crippen LogP contribution in [0.5, 0.6) is 0 Å². The Labute approximate surface area is 92.1 Å². The van der Waals surface area contributed by atoms with Crippen LogP contribution in [0.4, 0.5) is 0 Å². The summed E-state index contributed by atoms with van der Waals surface area (Å²) in [5.74, 6) is 0. The van der Waals surface area contributed by atoms with E-state index >= 15 is 0 Å². The van der Waals surface area contributed by atoms with Crippen molar-refractivity contribution in [3.05, 3.63) is 33.2 Å². The second-order valence-electron chi connectivity index (χ2n) is 3.85. The summed E-state index contributed by atoms with van der Waals surface area (Å²) < 4.78 is 1.82. The van der Waals surface area contributed by atoms with Crippen molar-refractivity contribution in [1.82, 2.24) is 4.57 Å². The normalized spacial score (nSPS) is 15.3. The van der Waals surface area contributed by atoms with Gasteiger partial charge in [-0.3, -0.25) is 4.79 Å². The number of hydrogen-bond donors (Lipinski definition) is 0. The first-order valence-electron chi connectivity index (χ1n) is 5.00. The van der Waals surface area contributed by atoms with Crippen LogP contribution in [0.15, 0.2) is 10.9 Å². The van der Waals surface area contributed by atoms with Crippen molar-refractivity contribution in [2.75, 3.05) is 0 Å². The van der Waals surface area contributed by atoms with Crippen LogP contribution in [0, 0.1) is 0 Å². The number of nitrogens with zero attached hydrogens (tertiary/aromatic N) is 1. The number of aromatic nitrogens is 1. The molecule has 1 heterocycles. The summed E-state index contributed by atoms with van der Waals surface area (Å²) in [7, 11) is 1.89. The van der Waals surface area contributed by atoms with E-state index in [0.29, 0.717) is 5.33 Å². The molecular weight excluding hydrogens is 242 g/mol. The van der Waals surface area contributed by atoms with E-state index in [1.807, 2.05) is 11.6 Å². The van der Waals surface area contributed by atoms with Crippen LogP contribution in [0.25, 0.3) is 0 Å². The fraction of sp³-hybridized carbons (Fsp3) is 0.545. The molecule has 0 saturated carbocycles. The second kappa shape index (κ2) is 3.89. The van der Waals surface area contributed by atoms with Gasteiger partial charge < -0.3 is 4.57 Å². The first kappa shape index (κ1) is 9.97. The Bertz CT molecular complexity index is 408. The number of pyridine rings is 1. The fourth-order valence-corrected chi connectivity index (χ4v) is 2.56. The van der Waals surface area contributed by atoms with Gasteiger partial charge in [-0.1, -0.05) is 15.9 Å². The lowest BCUT2D eigenvalue weighted by Gasteiger charge is -2.19. The van der Waals surface area contributed by atoms with E-state index in [1.54, 1.807) is 0 Å². The van der Waals surface area contributed by atoms with Gasteiger partial charge in [0.2, 0.25) is 0 Å². The number of alkyl halides is 1. The van der Waals surface area contributed by atoms with E-state index in [1.165, 1.54) is 24.1 Å². The third-order valence-electron chi connectivity index (χ3n) is 2.96. The van der Waals surface area contributed by atoms with E-state index in [4.69, 9.17) is 0 Å². The lowest BCUT2D eigenvalue weighted by Crippen LogP contribution is -2.26. The number of halogens is 1. The molecule has 2 nitrogen and oxygen atoms in total. The van der Waals surface area contributed by atoms with Crippen molar-refractivity contribution in [3.8, 4) is 0 Å². The molecule has 3 heteroatoms. The standard InChI is InChI=1S/C11H14BrNO/c1-13-10-5-3-2-4-8(10)6-9(7-12)11(13)14/h6H,2-5,7H2,1H3. The van der Waals surface area contributed by atoms with Gasteiger partial charge in [-0.05, 0) is 37.3 Å². The second-order valence-corrected chi connectivity index (χ2v) is 4.41. The zero-order valence-electron chi connectivity index (χ0n) is 8.35. The van der Waals surface area contributed by atoms with E-state index in [-0.39, 0.29) is 5.56 Å². The van der Waals surface area contributed by atoms with Gasteiger partial charge in [0.05, 0.1) is 0 Å². The molecule has 2 rings (SSSR count). The molecule has 1 aromatic rings. The van der Waals surface area contributed by atoms with Gasteiger partial charge in [-0.15, -0.1) is 0 Å². The molecule has 0 saturated heterocycles. The molecule has 1 aliphatic carbocycles. The largest absolute Gasteiger partial charge is 0.315 e. The van der Waals surface area contributed by atoms with E-state index in [2.05, 4.69) is 22.0 Å². The highest BCUT2D eigenvalue weighted by molar-refractivity contribution is 9.08. The van der Waals surface area contributed by atoms with Crippen molar-refractivity contribution < 1.29 is 0 Å². The number of rotatable bonds is 1. The van der Waals surface area contributed by atoms with Gasteiger partial charge in [0.1, 0.15) is 0 Å². The Kier molecular flexibility index (Phi) is 2.77. The number of fused-ring (bicyclic) bond motifs is 1. The molecule has 1 aromatic heterocycles. The first-order valence-corrected chi connectivity index (χ1v) is 6.13. The summed E-state index contributed by atoms with van der Waals surface area (Å²) in [5, 5.41) is 0.660. The van der Waals surface area contributed by atoms with E-state index in [0.717, 1.165) is 18.4 Å². The average molecular weight is 256 g/mol. The van der Waals surface area contributed by atoms with Crippen LogP contribution in [0.3, 0.4) is 0 Å². The van der Waals surface area contributed by atoms with Gasteiger partial charge in [0.25, 0.3) is 5.56 Å². The number of aryl methyl sites for hydroxylation is 1. The van der Waals surface area contributed by atoms with Crippen molar-refractivity contribution >= 4 is 15.9 Å². The quantitative estimate of drug-likeness (QED) is 0.706. The molecule has 0 spiro atoms. The molecule has 14 heavy (non-hydrogen) atoms. The van der Waals surface area contributed by atoms with Gasteiger partial charge in [-0.25, -0.2) is 0 Å². The maximum Gasteiger partial charge on any atom is 0.254 e.